The number of aromatic nitrogens is 3. The average Bonchev–Trinajstić information content (AvgIpc) is 3.14. The number of fused-ring (bicyclic) bond motifs is 1. The van der Waals surface area contributed by atoms with Crippen molar-refractivity contribution in [3.8, 4) is 6.07 Å². The molecular formula is C13H15N5OS. The van der Waals surface area contributed by atoms with Crippen molar-refractivity contribution in [2.75, 3.05) is 24.7 Å². The van der Waals surface area contributed by atoms with Gasteiger partial charge in [-0.25, -0.2) is 4.98 Å². The Labute approximate surface area is 121 Å². The normalized spacial score (nSPS) is 18.3. The van der Waals surface area contributed by atoms with Crippen molar-refractivity contribution in [2.24, 2.45) is 0 Å². The Morgan fingerprint density at radius 3 is 3.25 bits per heavy atom. The first-order chi connectivity index (χ1) is 9.83. The number of nitrogens with zero attached hydrogens (tertiary/aromatic N) is 4. The van der Waals surface area contributed by atoms with Gasteiger partial charge in [-0.15, -0.1) is 11.8 Å². The van der Waals surface area contributed by atoms with Crippen molar-refractivity contribution in [3.05, 3.63) is 17.8 Å². The minimum atomic E-state index is 0.207. The van der Waals surface area contributed by atoms with E-state index in [9.17, 15) is 5.26 Å². The Morgan fingerprint density at radius 2 is 2.55 bits per heavy atom. The predicted octanol–water partition coefficient (Wildman–Crippen LogP) is 1.91. The van der Waals surface area contributed by atoms with Gasteiger partial charge in [0.15, 0.2) is 11.5 Å². The molecule has 0 amide bonds. The highest BCUT2D eigenvalue weighted by Gasteiger charge is 2.19. The lowest BCUT2D eigenvalue weighted by Crippen LogP contribution is -2.21. The van der Waals surface area contributed by atoms with Crippen LogP contribution in [0.25, 0.3) is 5.65 Å². The van der Waals surface area contributed by atoms with E-state index in [1.54, 1.807) is 10.7 Å². The maximum atomic E-state index is 9.40. The molecule has 1 aliphatic heterocycles. The molecule has 1 N–H and O–H groups in total. The molecule has 1 saturated heterocycles. The lowest BCUT2D eigenvalue weighted by molar-refractivity contribution is 0.120. The van der Waals surface area contributed by atoms with E-state index in [0.29, 0.717) is 17.9 Å². The Kier molecular flexibility index (Phi) is 3.76. The fourth-order valence-corrected chi connectivity index (χ4v) is 2.88. The maximum absolute atomic E-state index is 9.40. The van der Waals surface area contributed by atoms with Gasteiger partial charge in [-0.3, -0.25) is 0 Å². The number of nitrogens with one attached hydrogen (secondary N) is 1. The first-order valence-electron chi connectivity index (χ1n) is 6.51. The van der Waals surface area contributed by atoms with Gasteiger partial charge in [0.25, 0.3) is 0 Å². The van der Waals surface area contributed by atoms with Gasteiger partial charge in [-0.2, -0.15) is 14.9 Å². The van der Waals surface area contributed by atoms with Gasteiger partial charge in [0.1, 0.15) is 16.7 Å². The number of rotatable bonds is 4. The van der Waals surface area contributed by atoms with Crippen molar-refractivity contribution >= 4 is 23.2 Å². The summed E-state index contributed by atoms with van der Waals surface area (Å²) in [5, 5.41) is 17.7. The van der Waals surface area contributed by atoms with Crippen LogP contribution in [-0.2, 0) is 4.74 Å². The summed E-state index contributed by atoms with van der Waals surface area (Å²) < 4.78 is 7.28. The number of hydrogen-bond donors (Lipinski definition) is 1. The Morgan fingerprint density at radius 1 is 1.65 bits per heavy atom. The number of nitriles is 1. The van der Waals surface area contributed by atoms with Gasteiger partial charge in [0.2, 0.25) is 0 Å². The van der Waals surface area contributed by atoms with Crippen LogP contribution in [0.1, 0.15) is 18.4 Å². The predicted molar refractivity (Wildman–Crippen MR) is 76.9 cm³/mol. The van der Waals surface area contributed by atoms with E-state index in [4.69, 9.17) is 4.74 Å². The molecule has 6 nitrogen and oxygen atoms in total. The zero-order chi connectivity index (χ0) is 13.9. The molecule has 104 valence electrons. The third kappa shape index (κ3) is 2.32. The molecule has 3 rings (SSSR count). The largest absolute Gasteiger partial charge is 0.376 e. The van der Waals surface area contributed by atoms with E-state index < -0.39 is 0 Å². The van der Waals surface area contributed by atoms with Crippen LogP contribution in [0.5, 0.6) is 0 Å². The van der Waals surface area contributed by atoms with Crippen LogP contribution in [0, 0.1) is 11.3 Å². The molecule has 2 aromatic heterocycles. The second-order valence-corrected chi connectivity index (χ2v) is 5.37. The summed E-state index contributed by atoms with van der Waals surface area (Å²) in [6, 6.07) is 4.06. The molecule has 0 aromatic carbocycles. The first-order valence-corrected chi connectivity index (χ1v) is 7.73. The second-order valence-electron chi connectivity index (χ2n) is 4.57. The quantitative estimate of drug-likeness (QED) is 0.684. The van der Waals surface area contributed by atoms with Crippen LogP contribution in [0.3, 0.4) is 0 Å². The molecule has 0 bridgehead atoms. The van der Waals surface area contributed by atoms with E-state index >= 15 is 0 Å². The van der Waals surface area contributed by atoms with Gasteiger partial charge >= 0.3 is 0 Å². The topological polar surface area (TPSA) is 75.2 Å². The van der Waals surface area contributed by atoms with Crippen molar-refractivity contribution in [1.82, 2.24) is 14.6 Å². The highest BCUT2D eigenvalue weighted by atomic mass is 32.2. The molecule has 1 unspecified atom stereocenters. The van der Waals surface area contributed by atoms with Crippen LogP contribution in [0.15, 0.2) is 17.3 Å². The second kappa shape index (κ2) is 5.69. The van der Waals surface area contributed by atoms with E-state index in [0.717, 1.165) is 30.1 Å². The molecule has 0 saturated carbocycles. The van der Waals surface area contributed by atoms with Crippen LogP contribution in [-0.4, -0.2) is 40.1 Å². The van der Waals surface area contributed by atoms with Crippen LogP contribution < -0.4 is 5.32 Å². The number of anilines is 1. The molecule has 1 atom stereocenters. The summed E-state index contributed by atoms with van der Waals surface area (Å²) in [5.41, 5.74) is 1.27. The minimum absolute atomic E-state index is 0.207. The standard InChI is InChI=1S/C13H15N5OS/c1-20-13-10(7-14)12(15-8-9-3-2-6-19-9)18-11(17-13)4-5-16-18/h4-5,9,15H,2-3,6,8H2,1H3. The first kappa shape index (κ1) is 13.2. The smallest absolute Gasteiger partial charge is 0.158 e. The molecule has 7 heteroatoms. The molecular weight excluding hydrogens is 274 g/mol. The fourth-order valence-electron chi connectivity index (χ4n) is 2.35. The van der Waals surface area contributed by atoms with Gasteiger partial charge in [-0.1, -0.05) is 0 Å². The Balaban J connectivity index is 1.97. The molecule has 3 heterocycles. The summed E-state index contributed by atoms with van der Waals surface area (Å²) in [6.45, 7) is 1.50. The van der Waals surface area contributed by atoms with Gasteiger partial charge in [-0.05, 0) is 19.1 Å². The average molecular weight is 289 g/mol. The molecule has 1 aliphatic rings. The van der Waals surface area contributed by atoms with Crippen LogP contribution in [0.4, 0.5) is 5.82 Å². The van der Waals surface area contributed by atoms with Gasteiger partial charge in [0, 0.05) is 19.2 Å². The molecule has 1 fully saturated rings. The number of thioether (sulfide) groups is 1. The zero-order valence-corrected chi connectivity index (χ0v) is 12.0. The van der Waals surface area contributed by atoms with E-state index in [2.05, 4.69) is 21.5 Å². The molecule has 0 radical (unpaired) electrons. The maximum Gasteiger partial charge on any atom is 0.158 e. The van der Waals surface area contributed by atoms with Crippen molar-refractivity contribution < 1.29 is 4.74 Å². The monoisotopic (exact) mass is 289 g/mol. The molecule has 0 spiro atoms. The van der Waals surface area contributed by atoms with Crippen molar-refractivity contribution in [3.63, 3.8) is 0 Å². The lowest BCUT2D eigenvalue weighted by Gasteiger charge is -2.15. The molecule has 20 heavy (non-hydrogen) atoms. The van der Waals surface area contributed by atoms with E-state index in [1.807, 2.05) is 12.3 Å². The summed E-state index contributed by atoms with van der Waals surface area (Å²) in [5.74, 6) is 0.697. The minimum Gasteiger partial charge on any atom is -0.376 e. The highest BCUT2D eigenvalue weighted by molar-refractivity contribution is 7.98. The van der Waals surface area contributed by atoms with Crippen LogP contribution in [0.2, 0.25) is 0 Å². The lowest BCUT2D eigenvalue weighted by atomic mass is 10.2. The van der Waals surface area contributed by atoms with Crippen molar-refractivity contribution in [1.29, 1.82) is 5.26 Å². The third-order valence-electron chi connectivity index (χ3n) is 3.33. The Bertz CT molecular complexity index is 657. The van der Waals surface area contributed by atoms with E-state index in [-0.39, 0.29) is 6.10 Å². The molecule has 2 aromatic rings. The number of hydrogen-bond acceptors (Lipinski definition) is 6. The summed E-state index contributed by atoms with van der Waals surface area (Å²) in [4.78, 5) is 4.43. The summed E-state index contributed by atoms with van der Waals surface area (Å²) in [6.07, 6.45) is 5.96. The zero-order valence-electron chi connectivity index (χ0n) is 11.2. The fraction of sp³-hybridized carbons (Fsp3) is 0.462. The van der Waals surface area contributed by atoms with Crippen molar-refractivity contribution in [2.45, 2.75) is 24.0 Å². The Hall–Kier alpha value is -1.78. The van der Waals surface area contributed by atoms with Crippen LogP contribution >= 0.6 is 11.8 Å². The number of ether oxygens (including phenoxy) is 1. The highest BCUT2D eigenvalue weighted by Crippen LogP contribution is 2.26. The summed E-state index contributed by atoms with van der Waals surface area (Å²) >= 11 is 1.46. The van der Waals surface area contributed by atoms with Gasteiger partial charge < -0.3 is 10.1 Å². The summed E-state index contributed by atoms with van der Waals surface area (Å²) in [7, 11) is 0. The third-order valence-corrected chi connectivity index (χ3v) is 4.01. The SMILES string of the molecule is CSc1nc2ccnn2c(NCC2CCCO2)c1C#N. The van der Waals surface area contributed by atoms with E-state index in [1.165, 1.54) is 11.8 Å². The molecule has 0 aliphatic carbocycles. The van der Waals surface area contributed by atoms with Gasteiger partial charge in [0.05, 0.1) is 12.3 Å².